The van der Waals surface area contributed by atoms with Gasteiger partial charge in [-0.05, 0) is 31.4 Å². The van der Waals surface area contributed by atoms with Crippen LogP contribution >= 0.6 is 0 Å². The van der Waals surface area contributed by atoms with Gasteiger partial charge >= 0.3 is 0 Å². The lowest BCUT2D eigenvalue weighted by atomic mass is 10.1. The molecule has 1 aromatic carbocycles. The number of benzene rings is 1. The van der Waals surface area contributed by atoms with Crippen LogP contribution in [0.2, 0.25) is 0 Å². The minimum atomic E-state index is 0.127. The standard InChI is InChI=1S/C15H19N3O/c1-9-10(2)19-15(18-9)8-17-14-7-13(16)11-5-3-4-6-12(11)14/h3-6,13-14,17H,7-8,16H2,1-2H3. The highest BCUT2D eigenvalue weighted by Gasteiger charge is 2.27. The highest BCUT2D eigenvalue weighted by atomic mass is 16.4. The quantitative estimate of drug-likeness (QED) is 0.887. The molecule has 0 spiro atoms. The van der Waals surface area contributed by atoms with Crippen molar-refractivity contribution < 1.29 is 4.42 Å². The zero-order valence-corrected chi connectivity index (χ0v) is 11.3. The lowest BCUT2D eigenvalue weighted by Gasteiger charge is -2.12. The second-order valence-electron chi connectivity index (χ2n) is 5.15. The molecule has 0 aliphatic heterocycles. The van der Waals surface area contributed by atoms with E-state index in [-0.39, 0.29) is 6.04 Å². The van der Waals surface area contributed by atoms with Gasteiger partial charge in [0.05, 0.1) is 12.2 Å². The van der Waals surface area contributed by atoms with Gasteiger partial charge in [0, 0.05) is 12.1 Å². The number of aryl methyl sites for hydroxylation is 2. The molecule has 2 atom stereocenters. The molecule has 19 heavy (non-hydrogen) atoms. The summed E-state index contributed by atoms with van der Waals surface area (Å²) < 4.78 is 5.58. The van der Waals surface area contributed by atoms with Gasteiger partial charge in [0.1, 0.15) is 5.76 Å². The summed E-state index contributed by atoms with van der Waals surface area (Å²) in [5, 5.41) is 3.49. The number of fused-ring (bicyclic) bond motifs is 1. The molecule has 1 aliphatic carbocycles. The molecule has 1 aromatic heterocycles. The summed E-state index contributed by atoms with van der Waals surface area (Å²) in [5.74, 6) is 1.63. The number of hydrogen-bond acceptors (Lipinski definition) is 4. The second kappa shape index (κ2) is 4.79. The minimum absolute atomic E-state index is 0.127. The molecular formula is C15H19N3O. The molecule has 3 rings (SSSR count). The summed E-state index contributed by atoms with van der Waals surface area (Å²) in [6.07, 6.45) is 0.929. The number of nitrogens with zero attached hydrogens (tertiary/aromatic N) is 1. The van der Waals surface area contributed by atoms with Crippen molar-refractivity contribution in [3.8, 4) is 0 Å². The van der Waals surface area contributed by atoms with E-state index in [1.807, 2.05) is 19.9 Å². The van der Waals surface area contributed by atoms with E-state index in [0.29, 0.717) is 12.6 Å². The Balaban J connectivity index is 1.72. The van der Waals surface area contributed by atoms with Crippen LogP contribution in [0.5, 0.6) is 0 Å². The number of nitrogens with two attached hydrogens (primary N) is 1. The number of oxazole rings is 1. The third-order valence-corrected chi connectivity index (χ3v) is 3.83. The largest absolute Gasteiger partial charge is 0.444 e. The third kappa shape index (κ3) is 2.29. The van der Waals surface area contributed by atoms with Crippen LogP contribution in [0.4, 0.5) is 0 Å². The number of aromatic nitrogens is 1. The van der Waals surface area contributed by atoms with Crippen LogP contribution < -0.4 is 11.1 Å². The van der Waals surface area contributed by atoms with Gasteiger partial charge in [-0.15, -0.1) is 0 Å². The van der Waals surface area contributed by atoms with Crippen molar-refractivity contribution in [2.24, 2.45) is 5.73 Å². The first-order chi connectivity index (χ1) is 9.15. The molecule has 1 aliphatic rings. The van der Waals surface area contributed by atoms with Crippen LogP contribution in [-0.4, -0.2) is 4.98 Å². The Labute approximate surface area is 113 Å². The first kappa shape index (κ1) is 12.4. The maximum atomic E-state index is 6.15. The molecule has 0 radical (unpaired) electrons. The van der Waals surface area contributed by atoms with Gasteiger partial charge in [-0.25, -0.2) is 4.98 Å². The average molecular weight is 257 g/mol. The maximum Gasteiger partial charge on any atom is 0.208 e. The summed E-state index contributed by atoms with van der Waals surface area (Å²) in [7, 11) is 0. The molecule has 0 bridgehead atoms. The number of rotatable bonds is 3. The molecule has 0 saturated carbocycles. The first-order valence-electron chi connectivity index (χ1n) is 6.66. The Morgan fingerprint density at radius 1 is 1.32 bits per heavy atom. The maximum absolute atomic E-state index is 6.15. The predicted octanol–water partition coefficient (Wildman–Crippen LogP) is 2.53. The fourth-order valence-electron chi connectivity index (χ4n) is 2.69. The van der Waals surface area contributed by atoms with Crippen molar-refractivity contribution in [3.05, 3.63) is 52.7 Å². The molecule has 0 fully saturated rings. The van der Waals surface area contributed by atoms with E-state index >= 15 is 0 Å². The molecule has 3 N–H and O–H groups in total. The van der Waals surface area contributed by atoms with Gasteiger partial charge in [-0.1, -0.05) is 24.3 Å². The van der Waals surface area contributed by atoms with Crippen LogP contribution in [0.3, 0.4) is 0 Å². The van der Waals surface area contributed by atoms with Crippen LogP contribution in [0, 0.1) is 13.8 Å². The second-order valence-corrected chi connectivity index (χ2v) is 5.15. The van der Waals surface area contributed by atoms with E-state index in [0.717, 1.165) is 23.8 Å². The highest BCUT2D eigenvalue weighted by Crippen LogP contribution is 2.37. The van der Waals surface area contributed by atoms with E-state index in [9.17, 15) is 0 Å². The van der Waals surface area contributed by atoms with Crippen molar-refractivity contribution in [2.75, 3.05) is 0 Å². The van der Waals surface area contributed by atoms with Gasteiger partial charge in [0.25, 0.3) is 0 Å². The van der Waals surface area contributed by atoms with Crippen LogP contribution in [0.25, 0.3) is 0 Å². The Morgan fingerprint density at radius 2 is 2.05 bits per heavy atom. The fourth-order valence-corrected chi connectivity index (χ4v) is 2.69. The molecule has 1 heterocycles. The Bertz CT molecular complexity index is 571. The molecule has 2 aromatic rings. The Kier molecular flexibility index (Phi) is 3.12. The van der Waals surface area contributed by atoms with Gasteiger partial charge in [0.2, 0.25) is 5.89 Å². The third-order valence-electron chi connectivity index (χ3n) is 3.83. The van der Waals surface area contributed by atoms with E-state index in [1.54, 1.807) is 0 Å². The summed E-state index contributed by atoms with van der Waals surface area (Å²) in [6.45, 7) is 4.54. The number of hydrogen-bond donors (Lipinski definition) is 2. The topological polar surface area (TPSA) is 64.1 Å². The van der Waals surface area contributed by atoms with E-state index < -0.39 is 0 Å². The fraction of sp³-hybridized carbons (Fsp3) is 0.400. The molecule has 0 amide bonds. The molecule has 2 unspecified atom stereocenters. The van der Waals surface area contributed by atoms with Crippen LogP contribution in [0.1, 0.15) is 47.0 Å². The summed E-state index contributed by atoms with van der Waals surface area (Å²) in [5.41, 5.74) is 9.66. The Hall–Kier alpha value is -1.65. The Morgan fingerprint density at radius 3 is 2.74 bits per heavy atom. The summed E-state index contributed by atoms with van der Waals surface area (Å²) >= 11 is 0. The lowest BCUT2D eigenvalue weighted by Crippen LogP contribution is -2.19. The van der Waals surface area contributed by atoms with E-state index in [4.69, 9.17) is 10.2 Å². The van der Waals surface area contributed by atoms with Crippen molar-refractivity contribution in [2.45, 2.75) is 38.9 Å². The van der Waals surface area contributed by atoms with Crippen molar-refractivity contribution in [3.63, 3.8) is 0 Å². The molecule has 100 valence electrons. The molecular weight excluding hydrogens is 238 g/mol. The monoisotopic (exact) mass is 257 g/mol. The molecule has 4 heteroatoms. The average Bonchev–Trinajstić information content (AvgIpc) is 2.89. The van der Waals surface area contributed by atoms with Gasteiger partial charge in [-0.3, -0.25) is 0 Å². The van der Waals surface area contributed by atoms with Gasteiger partial charge in [0.15, 0.2) is 0 Å². The van der Waals surface area contributed by atoms with Crippen LogP contribution in [0.15, 0.2) is 28.7 Å². The lowest BCUT2D eigenvalue weighted by molar-refractivity contribution is 0.416. The van der Waals surface area contributed by atoms with Gasteiger partial charge in [-0.2, -0.15) is 0 Å². The SMILES string of the molecule is Cc1nc(CNC2CC(N)c3ccccc32)oc1C. The van der Waals surface area contributed by atoms with Crippen molar-refractivity contribution >= 4 is 0 Å². The molecule has 4 nitrogen and oxygen atoms in total. The highest BCUT2D eigenvalue weighted by molar-refractivity contribution is 5.37. The molecule has 0 saturated heterocycles. The normalized spacial score (nSPS) is 21.6. The van der Waals surface area contributed by atoms with Crippen molar-refractivity contribution in [1.82, 2.24) is 10.3 Å². The van der Waals surface area contributed by atoms with Gasteiger partial charge < -0.3 is 15.5 Å². The van der Waals surface area contributed by atoms with E-state index in [1.165, 1.54) is 11.1 Å². The smallest absolute Gasteiger partial charge is 0.208 e. The van der Waals surface area contributed by atoms with Crippen molar-refractivity contribution in [1.29, 1.82) is 0 Å². The minimum Gasteiger partial charge on any atom is -0.444 e. The predicted molar refractivity (Wildman–Crippen MR) is 73.5 cm³/mol. The summed E-state index contributed by atoms with van der Waals surface area (Å²) in [4.78, 5) is 4.39. The van der Waals surface area contributed by atoms with E-state index in [2.05, 4.69) is 28.5 Å². The van der Waals surface area contributed by atoms with Crippen LogP contribution in [-0.2, 0) is 6.54 Å². The zero-order valence-electron chi connectivity index (χ0n) is 11.3. The number of nitrogens with one attached hydrogen (secondary N) is 1. The summed E-state index contributed by atoms with van der Waals surface area (Å²) in [6, 6.07) is 8.78. The zero-order chi connectivity index (χ0) is 13.4. The first-order valence-corrected chi connectivity index (χ1v) is 6.66.